The number of benzene rings is 1. The molecule has 1 aromatic carbocycles. The van der Waals surface area contributed by atoms with Crippen LogP contribution in [0.1, 0.15) is 10.5 Å². The largest absolute Gasteiger partial charge is 0.768 e. The van der Waals surface area contributed by atoms with E-state index in [0.29, 0.717) is 22.7 Å². The van der Waals surface area contributed by atoms with E-state index in [4.69, 9.17) is 5.73 Å². The number of H-pyrrole nitrogens is 1. The Morgan fingerprint density at radius 2 is 1.89 bits per heavy atom. The molecule has 0 saturated heterocycles. The number of anilines is 2. The molecule has 0 fully saturated rings. The first kappa shape index (κ1) is 17.8. The molecule has 0 bridgehead atoms. The number of aromatic nitrogens is 4. The third-order valence-electron chi connectivity index (χ3n) is 4.01. The van der Waals surface area contributed by atoms with Crippen molar-refractivity contribution in [2.45, 2.75) is 4.90 Å². The third kappa shape index (κ3) is 3.46. The van der Waals surface area contributed by atoms with Crippen molar-refractivity contribution >= 4 is 39.7 Å². The van der Waals surface area contributed by atoms with Crippen LogP contribution in [0.3, 0.4) is 0 Å². The molecule has 28 heavy (non-hydrogen) atoms. The first-order valence-corrected chi connectivity index (χ1v) is 9.16. The van der Waals surface area contributed by atoms with Gasteiger partial charge in [0.05, 0.1) is 11.9 Å². The van der Waals surface area contributed by atoms with Crippen LogP contribution in [0.15, 0.2) is 59.8 Å². The van der Waals surface area contributed by atoms with Gasteiger partial charge in [0.15, 0.2) is 11.5 Å². The maximum absolute atomic E-state index is 12.6. The molecule has 0 aliphatic heterocycles. The Kier molecular flexibility index (Phi) is 4.55. The molecule has 0 saturated carbocycles. The summed E-state index contributed by atoms with van der Waals surface area (Å²) in [6.07, 6.45) is 3.17. The van der Waals surface area contributed by atoms with E-state index in [2.05, 4.69) is 25.3 Å². The quantitative estimate of drug-likeness (QED) is 0.449. The van der Waals surface area contributed by atoms with Gasteiger partial charge in [-0.3, -0.25) is 9.00 Å². The summed E-state index contributed by atoms with van der Waals surface area (Å²) in [4.78, 5) is 28.3. The van der Waals surface area contributed by atoms with Crippen molar-refractivity contribution in [3.8, 4) is 11.3 Å². The number of carbonyl (C=O) groups excluding carboxylic acids is 1. The minimum atomic E-state index is -2.32. The molecule has 3 heterocycles. The molecule has 9 nitrogen and oxygen atoms in total. The van der Waals surface area contributed by atoms with E-state index in [1.54, 1.807) is 24.4 Å². The fourth-order valence-electron chi connectivity index (χ4n) is 2.62. The first-order valence-electron chi connectivity index (χ1n) is 8.09. The van der Waals surface area contributed by atoms with Gasteiger partial charge in [-0.1, -0.05) is 12.1 Å². The van der Waals surface area contributed by atoms with Gasteiger partial charge in [-0.15, -0.1) is 0 Å². The smallest absolute Gasteiger partial charge is 0.279 e. The summed E-state index contributed by atoms with van der Waals surface area (Å²) in [7, 11) is 0. The Morgan fingerprint density at radius 1 is 1.11 bits per heavy atom. The van der Waals surface area contributed by atoms with E-state index in [1.807, 2.05) is 12.1 Å². The summed E-state index contributed by atoms with van der Waals surface area (Å²) < 4.78 is 21.9. The molecular formula is C18H13N6O3S-. The predicted molar refractivity (Wildman–Crippen MR) is 103 cm³/mol. The summed E-state index contributed by atoms with van der Waals surface area (Å²) in [6.45, 7) is 0. The van der Waals surface area contributed by atoms with Gasteiger partial charge < -0.3 is 20.6 Å². The topological polar surface area (TPSA) is 150 Å². The zero-order valence-electron chi connectivity index (χ0n) is 14.2. The minimum Gasteiger partial charge on any atom is -0.768 e. The molecule has 4 N–H and O–H groups in total. The van der Waals surface area contributed by atoms with Crippen molar-refractivity contribution in [3.63, 3.8) is 0 Å². The second kappa shape index (κ2) is 7.18. The zero-order chi connectivity index (χ0) is 19.7. The van der Waals surface area contributed by atoms with Crippen LogP contribution in [0.5, 0.6) is 0 Å². The molecule has 4 aromatic rings. The predicted octanol–water partition coefficient (Wildman–Crippen LogP) is 2.09. The van der Waals surface area contributed by atoms with E-state index < -0.39 is 17.0 Å². The van der Waals surface area contributed by atoms with E-state index in [0.717, 1.165) is 5.39 Å². The third-order valence-corrected chi connectivity index (χ3v) is 4.67. The molecule has 0 aliphatic rings. The maximum Gasteiger partial charge on any atom is 0.279 e. The molecule has 1 unspecified atom stereocenters. The Balaban J connectivity index is 1.62. The second-order valence-electron chi connectivity index (χ2n) is 5.81. The van der Waals surface area contributed by atoms with Gasteiger partial charge in [0.25, 0.3) is 5.91 Å². The molecule has 1 amide bonds. The van der Waals surface area contributed by atoms with Crippen LogP contribution >= 0.6 is 0 Å². The van der Waals surface area contributed by atoms with E-state index >= 15 is 0 Å². The number of pyridine rings is 1. The second-order valence-corrected chi connectivity index (χ2v) is 6.76. The average molecular weight is 393 g/mol. The zero-order valence-corrected chi connectivity index (χ0v) is 15.1. The number of fused-ring (bicyclic) bond motifs is 1. The molecule has 0 spiro atoms. The van der Waals surface area contributed by atoms with Crippen molar-refractivity contribution in [1.29, 1.82) is 0 Å². The summed E-state index contributed by atoms with van der Waals surface area (Å²) in [5.74, 6) is -0.240. The lowest BCUT2D eigenvalue weighted by molar-refractivity contribution is 0.102. The van der Waals surface area contributed by atoms with Crippen molar-refractivity contribution in [2.75, 3.05) is 11.1 Å². The number of amides is 1. The number of hydrogen-bond donors (Lipinski definition) is 3. The van der Waals surface area contributed by atoms with Crippen LogP contribution in [-0.4, -0.2) is 34.6 Å². The summed E-state index contributed by atoms with van der Waals surface area (Å²) >= 11 is -2.32. The Morgan fingerprint density at radius 3 is 2.64 bits per heavy atom. The number of nitrogen functional groups attached to an aromatic ring is 1. The molecule has 1 atom stereocenters. The highest BCUT2D eigenvalue weighted by molar-refractivity contribution is 7.79. The highest BCUT2D eigenvalue weighted by atomic mass is 32.2. The number of nitrogens with zero attached hydrogens (tertiary/aromatic N) is 3. The minimum absolute atomic E-state index is 0.0283. The van der Waals surface area contributed by atoms with Crippen LogP contribution in [0.25, 0.3) is 22.3 Å². The highest BCUT2D eigenvalue weighted by Crippen LogP contribution is 2.21. The van der Waals surface area contributed by atoms with Crippen molar-refractivity contribution in [1.82, 2.24) is 19.9 Å². The fraction of sp³-hybridized carbons (Fsp3) is 0. The van der Waals surface area contributed by atoms with E-state index in [1.165, 1.54) is 18.3 Å². The lowest BCUT2D eigenvalue weighted by Crippen LogP contribution is -2.18. The molecule has 0 radical (unpaired) electrons. The fourth-order valence-corrected chi connectivity index (χ4v) is 2.98. The van der Waals surface area contributed by atoms with Crippen molar-refractivity contribution < 1.29 is 13.6 Å². The van der Waals surface area contributed by atoms with Crippen LogP contribution in [0, 0.1) is 0 Å². The number of rotatable bonds is 4. The van der Waals surface area contributed by atoms with Crippen molar-refractivity contribution in [2.24, 2.45) is 0 Å². The molecule has 3 aromatic heterocycles. The Bertz CT molecular complexity index is 1210. The molecule has 140 valence electrons. The standard InChI is InChI=1S/C18H14N6O3S/c19-16-15(18(25)24-14-6-3-11-7-8-20-17(11)23-14)22-13(9-21-16)10-1-4-12(5-2-10)28(26)27/h1-9H,(H2,19,21)(H,26,27)(H2,20,23,24,25)/p-1. The first-order chi connectivity index (χ1) is 13.5. The van der Waals surface area contributed by atoms with Gasteiger partial charge in [-0.05, 0) is 41.4 Å². The van der Waals surface area contributed by atoms with Gasteiger partial charge in [0, 0.05) is 22.0 Å². The summed E-state index contributed by atoms with van der Waals surface area (Å²) in [6, 6.07) is 11.4. The highest BCUT2D eigenvalue weighted by Gasteiger charge is 2.16. The van der Waals surface area contributed by atoms with Crippen LogP contribution in [-0.2, 0) is 11.1 Å². The summed E-state index contributed by atoms with van der Waals surface area (Å²) in [5.41, 5.74) is 7.39. The number of nitrogens with one attached hydrogen (secondary N) is 2. The van der Waals surface area contributed by atoms with Crippen LogP contribution in [0.4, 0.5) is 11.6 Å². The number of hydrogen-bond acceptors (Lipinski definition) is 7. The summed E-state index contributed by atoms with van der Waals surface area (Å²) in [5, 5.41) is 3.57. The average Bonchev–Trinajstić information content (AvgIpc) is 3.16. The number of aromatic amines is 1. The lowest BCUT2D eigenvalue weighted by atomic mass is 10.1. The lowest BCUT2D eigenvalue weighted by Gasteiger charge is -2.09. The molecule has 0 aliphatic carbocycles. The Hall–Kier alpha value is -3.63. The molecule has 10 heteroatoms. The SMILES string of the molecule is Nc1ncc(-c2ccc(S(=O)[O-])cc2)nc1C(=O)Nc1ccc2cc[nH]c2n1. The Labute approximate surface area is 161 Å². The van der Waals surface area contributed by atoms with Gasteiger partial charge in [0.2, 0.25) is 0 Å². The van der Waals surface area contributed by atoms with E-state index in [9.17, 15) is 13.6 Å². The monoisotopic (exact) mass is 393 g/mol. The number of nitrogens with two attached hydrogens (primary N) is 1. The number of carbonyl (C=O) groups is 1. The van der Waals surface area contributed by atoms with Crippen LogP contribution in [0.2, 0.25) is 0 Å². The maximum atomic E-state index is 12.6. The molecular weight excluding hydrogens is 380 g/mol. The van der Waals surface area contributed by atoms with Crippen molar-refractivity contribution in [3.05, 3.63) is 60.6 Å². The van der Waals surface area contributed by atoms with Gasteiger partial charge in [0.1, 0.15) is 11.5 Å². The van der Waals surface area contributed by atoms with Gasteiger partial charge in [-0.2, -0.15) is 0 Å². The normalized spacial score (nSPS) is 12.0. The van der Waals surface area contributed by atoms with Crippen LogP contribution < -0.4 is 11.1 Å². The van der Waals surface area contributed by atoms with Gasteiger partial charge >= 0.3 is 0 Å². The van der Waals surface area contributed by atoms with E-state index in [-0.39, 0.29) is 16.4 Å². The van der Waals surface area contributed by atoms with Gasteiger partial charge in [-0.25, -0.2) is 15.0 Å². The molecule has 4 rings (SSSR count).